The molecule has 0 fully saturated rings. The molecule has 0 N–H and O–H groups in total. The van der Waals surface area contributed by atoms with Gasteiger partial charge in [0.1, 0.15) is 11.2 Å². The van der Waals surface area contributed by atoms with Crippen LogP contribution in [-0.2, 0) is 5.41 Å². The Balaban J connectivity index is 1.03. The fourth-order valence-electron chi connectivity index (χ4n) is 10.1. The Morgan fingerprint density at radius 2 is 0.964 bits per heavy atom. The Morgan fingerprint density at radius 3 is 1.75 bits per heavy atom. The van der Waals surface area contributed by atoms with Crippen molar-refractivity contribution in [3.63, 3.8) is 0 Å². The molecule has 1 heteroatoms. The second kappa shape index (κ2) is 11.5. The maximum absolute atomic E-state index is 6.64. The van der Waals surface area contributed by atoms with Gasteiger partial charge in [-0.1, -0.05) is 172 Å². The maximum Gasteiger partial charge on any atom is 0.143 e. The lowest BCUT2D eigenvalue weighted by Gasteiger charge is -2.24. The normalized spacial score (nSPS) is 13.3. The highest BCUT2D eigenvalue weighted by Crippen LogP contribution is 2.54. The molecule has 0 bridgehead atoms. The number of hydrogen-bond donors (Lipinski definition) is 0. The molecule has 11 aromatic rings. The zero-order valence-corrected chi connectivity index (χ0v) is 31.2. The van der Waals surface area contributed by atoms with Crippen LogP contribution < -0.4 is 0 Å². The summed E-state index contributed by atoms with van der Waals surface area (Å²) in [5.41, 5.74) is 14.5. The van der Waals surface area contributed by atoms with Gasteiger partial charge in [0.05, 0.1) is 0 Å². The van der Waals surface area contributed by atoms with E-state index in [1.807, 2.05) is 0 Å². The van der Waals surface area contributed by atoms with Gasteiger partial charge in [-0.25, -0.2) is 0 Å². The zero-order chi connectivity index (χ0) is 37.1. The summed E-state index contributed by atoms with van der Waals surface area (Å²) in [5, 5.41) is 12.4. The second-order valence-electron chi connectivity index (χ2n) is 16.0. The average molecular weight is 713 g/mol. The highest BCUT2D eigenvalue weighted by molar-refractivity contribution is 6.24. The zero-order valence-electron chi connectivity index (χ0n) is 31.2. The minimum atomic E-state index is -0.227. The van der Waals surface area contributed by atoms with Gasteiger partial charge in [-0.3, -0.25) is 0 Å². The van der Waals surface area contributed by atoms with E-state index in [9.17, 15) is 0 Å². The molecule has 0 unspecified atom stereocenters. The van der Waals surface area contributed by atoms with E-state index in [1.165, 1.54) is 109 Å². The van der Waals surface area contributed by atoms with Gasteiger partial charge in [-0.15, -0.1) is 0 Å². The van der Waals surface area contributed by atoms with Crippen molar-refractivity contribution in [3.8, 4) is 44.5 Å². The van der Waals surface area contributed by atoms with Crippen molar-refractivity contribution in [2.24, 2.45) is 0 Å². The lowest BCUT2D eigenvalue weighted by atomic mass is 9.79. The summed E-state index contributed by atoms with van der Waals surface area (Å²) in [6, 6.07) is 67.1. The molecule has 262 valence electrons. The van der Waals surface area contributed by atoms with E-state index in [0.29, 0.717) is 0 Å². The van der Waals surface area contributed by atoms with Gasteiger partial charge in [0.25, 0.3) is 0 Å². The first-order valence-corrected chi connectivity index (χ1v) is 19.6. The van der Waals surface area contributed by atoms with Crippen molar-refractivity contribution >= 4 is 65.0 Å². The van der Waals surface area contributed by atoms with Gasteiger partial charge in [0, 0.05) is 21.6 Å². The standard InChI is InChI=1S/C55H36O/c1-55(2)48-32-36(27-28-39(48)46-29-25-34-26-30-47-40-18-9-10-24-49(40)56-54(47)51(34)53(46)55)35-15-11-16-37(31-35)50-42-19-5-7-21-44(42)52(45-22-8-6-20-43(45)50)41-23-12-14-33-13-3-4-17-38(33)41/h3-32H,1-2H3. The van der Waals surface area contributed by atoms with Crippen molar-refractivity contribution < 1.29 is 4.42 Å². The van der Waals surface area contributed by atoms with Crippen molar-refractivity contribution in [2.45, 2.75) is 19.3 Å². The van der Waals surface area contributed by atoms with Crippen LogP contribution in [0.4, 0.5) is 0 Å². The van der Waals surface area contributed by atoms with Crippen molar-refractivity contribution in [1.29, 1.82) is 0 Å². The predicted molar refractivity (Wildman–Crippen MR) is 238 cm³/mol. The lowest BCUT2D eigenvalue weighted by molar-refractivity contribution is 0.656. The molecule has 1 aromatic heterocycles. The molecule has 10 aromatic carbocycles. The highest BCUT2D eigenvalue weighted by Gasteiger charge is 2.38. The van der Waals surface area contributed by atoms with E-state index in [-0.39, 0.29) is 5.41 Å². The second-order valence-corrected chi connectivity index (χ2v) is 16.0. The summed E-state index contributed by atoms with van der Waals surface area (Å²) in [5.74, 6) is 0. The monoisotopic (exact) mass is 712 g/mol. The van der Waals surface area contributed by atoms with Crippen LogP contribution in [0.25, 0.3) is 110 Å². The Labute approximate surface area is 325 Å². The van der Waals surface area contributed by atoms with Gasteiger partial charge < -0.3 is 4.42 Å². The third kappa shape index (κ3) is 4.31. The smallest absolute Gasteiger partial charge is 0.143 e. The molecule has 56 heavy (non-hydrogen) atoms. The van der Waals surface area contributed by atoms with Crippen LogP contribution in [0.15, 0.2) is 186 Å². The minimum absolute atomic E-state index is 0.227. The topological polar surface area (TPSA) is 13.1 Å². The quantitative estimate of drug-likeness (QED) is 0.166. The van der Waals surface area contributed by atoms with Crippen molar-refractivity contribution in [2.75, 3.05) is 0 Å². The van der Waals surface area contributed by atoms with E-state index < -0.39 is 0 Å². The van der Waals surface area contributed by atoms with Crippen LogP contribution in [0.5, 0.6) is 0 Å². The van der Waals surface area contributed by atoms with Gasteiger partial charge in [0.15, 0.2) is 0 Å². The number of fused-ring (bicyclic) bond motifs is 12. The molecule has 0 aliphatic heterocycles. The third-order valence-corrected chi connectivity index (χ3v) is 12.6. The average Bonchev–Trinajstić information content (AvgIpc) is 3.74. The van der Waals surface area contributed by atoms with Crippen LogP contribution in [0.2, 0.25) is 0 Å². The predicted octanol–water partition coefficient (Wildman–Crippen LogP) is 15.5. The molecule has 1 aliphatic carbocycles. The summed E-state index contributed by atoms with van der Waals surface area (Å²) in [4.78, 5) is 0. The molecular formula is C55H36O. The molecule has 1 aliphatic rings. The van der Waals surface area contributed by atoms with Crippen LogP contribution in [0.3, 0.4) is 0 Å². The Bertz CT molecular complexity index is 3390. The van der Waals surface area contributed by atoms with Gasteiger partial charge >= 0.3 is 0 Å². The minimum Gasteiger partial charge on any atom is -0.455 e. The van der Waals surface area contributed by atoms with Crippen LogP contribution in [-0.4, -0.2) is 0 Å². The van der Waals surface area contributed by atoms with Crippen LogP contribution in [0.1, 0.15) is 25.0 Å². The summed E-state index contributed by atoms with van der Waals surface area (Å²) in [6.07, 6.45) is 0. The number of para-hydroxylation sites is 1. The molecule has 0 saturated heterocycles. The SMILES string of the molecule is CC1(C)c2cc(-c3cccc(-c4c5ccccc5c(-c5cccc6ccccc56)c5ccccc45)c3)ccc2-c2ccc3ccc4c5ccccc5oc4c3c21. The fourth-order valence-corrected chi connectivity index (χ4v) is 10.1. The molecule has 0 atom stereocenters. The Morgan fingerprint density at radius 1 is 0.375 bits per heavy atom. The first-order valence-electron chi connectivity index (χ1n) is 19.6. The number of benzene rings is 10. The van der Waals surface area contributed by atoms with E-state index in [4.69, 9.17) is 4.42 Å². The van der Waals surface area contributed by atoms with E-state index in [1.54, 1.807) is 0 Å². The third-order valence-electron chi connectivity index (χ3n) is 12.6. The van der Waals surface area contributed by atoms with E-state index in [0.717, 1.165) is 11.2 Å². The van der Waals surface area contributed by atoms with Crippen LogP contribution in [0, 0.1) is 0 Å². The van der Waals surface area contributed by atoms with Crippen molar-refractivity contribution in [1.82, 2.24) is 0 Å². The van der Waals surface area contributed by atoms with Gasteiger partial charge in [-0.2, -0.15) is 0 Å². The lowest BCUT2D eigenvalue weighted by Crippen LogP contribution is -2.15. The van der Waals surface area contributed by atoms with Gasteiger partial charge in [0.2, 0.25) is 0 Å². The molecule has 1 heterocycles. The summed E-state index contributed by atoms with van der Waals surface area (Å²) >= 11 is 0. The number of rotatable bonds is 3. The largest absolute Gasteiger partial charge is 0.455 e. The number of furan rings is 1. The first kappa shape index (κ1) is 31.4. The van der Waals surface area contributed by atoms with Crippen molar-refractivity contribution in [3.05, 3.63) is 193 Å². The first-order chi connectivity index (χ1) is 27.5. The highest BCUT2D eigenvalue weighted by atomic mass is 16.3. The molecule has 0 spiro atoms. The van der Waals surface area contributed by atoms with Crippen LogP contribution >= 0.6 is 0 Å². The Hall–Kier alpha value is -6.96. The van der Waals surface area contributed by atoms with E-state index >= 15 is 0 Å². The molecule has 0 radical (unpaired) electrons. The molecule has 1 nitrogen and oxygen atoms in total. The molecular weight excluding hydrogens is 677 g/mol. The molecule has 0 amide bonds. The maximum atomic E-state index is 6.64. The molecule has 0 saturated carbocycles. The van der Waals surface area contributed by atoms with Gasteiger partial charge in [-0.05, 0) is 118 Å². The summed E-state index contributed by atoms with van der Waals surface area (Å²) < 4.78 is 6.64. The summed E-state index contributed by atoms with van der Waals surface area (Å²) in [6.45, 7) is 4.77. The fraction of sp³-hybridized carbons (Fsp3) is 0.0545. The molecule has 12 rings (SSSR count). The Kier molecular flexibility index (Phi) is 6.46. The number of hydrogen-bond acceptors (Lipinski definition) is 1. The van der Waals surface area contributed by atoms with E-state index in [2.05, 4.69) is 196 Å². The summed E-state index contributed by atoms with van der Waals surface area (Å²) in [7, 11) is 0.